The zero-order chi connectivity index (χ0) is 16.3. The first-order valence-electron chi connectivity index (χ1n) is 6.00. The highest BCUT2D eigenvalue weighted by Gasteiger charge is 2.19. The highest BCUT2D eigenvalue weighted by atomic mass is 35.5. The van der Waals surface area contributed by atoms with Crippen molar-refractivity contribution >= 4 is 40.8 Å². The van der Waals surface area contributed by atoms with Crippen molar-refractivity contribution in [3.63, 3.8) is 0 Å². The maximum absolute atomic E-state index is 12.0. The smallest absolute Gasteiger partial charge is 0.341 e. The number of methoxy groups -OCH3 is 1. The van der Waals surface area contributed by atoms with Crippen LogP contribution in [0.15, 0.2) is 28.9 Å². The van der Waals surface area contributed by atoms with Crippen LogP contribution >= 0.6 is 23.2 Å². The number of rotatable bonds is 4. The molecule has 1 aromatic heterocycles. The number of furan rings is 1. The van der Waals surface area contributed by atoms with E-state index in [1.807, 2.05) is 0 Å². The monoisotopic (exact) mass is 343 g/mol. The van der Waals surface area contributed by atoms with Crippen LogP contribution < -0.4 is 5.73 Å². The third kappa shape index (κ3) is 3.35. The Morgan fingerprint density at radius 3 is 2.64 bits per heavy atom. The van der Waals surface area contributed by atoms with E-state index in [1.54, 1.807) is 0 Å². The van der Waals surface area contributed by atoms with Gasteiger partial charge in [-0.1, -0.05) is 23.2 Å². The maximum atomic E-state index is 12.0. The first-order valence-corrected chi connectivity index (χ1v) is 6.76. The Morgan fingerprint density at radius 2 is 1.95 bits per heavy atom. The SMILES string of the molecule is COC(=O)c1ccoc1COC(=O)c1cc(Cl)cc(Cl)c1N. The van der Waals surface area contributed by atoms with E-state index in [4.69, 9.17) is 38.1 Å². The van der Waals surface area contributed by atoms with E-state index in [0.717, 1.165) is 0 Å². The highest BCUT2D eigenvalue weighted by Crippen LogP contribution is 2.28. The van der Waals surface area contributed by atoms with Crippen molar-refractivity contribution in [2.75, 3.05) is 12.8 Å². The zero-order valence-corrected chi connectivity index (χ0v) is 12.9. The summed E-state index contributed by atoms with van der Waals surface area (Å²) in [6.45, 7) is -0.264. The molecule has 0 fully saturated rings. The molecule has 0 aliphatic rings. The number of nitrogens with two attached hydrogens (primary N) is 1. The quantitative estimate of drug-likeness (QED) is 0.676. The molecule has 0 atom stereocenters. The topological polar surface area (TPSA) is 91.8 Å². The van der Waals surface area contributed by atoms with Gasteiger partial charge in [-0.05, 0) is 18.2 Å². The molecule has 2 rings (SSSR count). The Bertz CT molecular complexity index is 726. The van der Waals surface area contributed by atoms with Gasteiger partial charge in [0.15, 0.2) is 12.4 Å². The molecule has 6 nitrogen and oxygen atoms in total. The summed E-state index contributed by atoms with van der Waals surface area (Å²) in [5.74, 6) is -1.17. The van der Waals surface area contributed by atoms with E-state index in [2.05, 4.69) is 4.74 Å². The first-order chi connectivity index (χ1) is 10.4. The fourth-order valence-corrected chi connectivity index (χ4v) is 2.20. The third-order valence-corrected chi connectivity index (χ3v) is 3.33. The Morgan fingerprint density at radius 1 is 1.23 bits per heavy atom. The number of carbonyl (C=O) groups is 2. The Balaban J connectivity index is 2.14. The molecule has 116 valence electrons. The molecule has 1 heterocycles. The van der Waals surface area contributed by atoms with Gasteiger partial charge in [0.05, 0.1) is 29.6 Å². The fourth-order valence-electron chi connectivity index (χ4n) is 1.71. The summed E-state index contributed by atoms with van der Waals surface area (Å²) in [5.41, 5.74) is 5.98. The predicted molar refractivity (Wildman–Crippen MR) is 80.0 cm³/mol. The summed E-state index contributed by atoms with van der Waals surface area (Å²) in [4.78, 5) is 23.5. The molecule has 1 aromatic carbocycles. The average Bonchev–Trinajstić information content (AvgIpc) is 2.96. The Labute approximate surface area is 135 Å². The van der Waals surface area contributed by atoms with Crippen LogP contribution in [0.25, 0.3) is 0 Å². The Kier molecular flexibility index (Phi) is 4.95. The van der Waals surface area contributed by atoms with Crippen molar-refractivity contribution in [3.8, 4) is 0 Å². The van der Waals surface area contributed by atoms with Crippen molar-refractivity contribution < 1.29 is 23.5 Å². The van der Waals surface area contributed by atoms with Gasteiger partial charge in [-0.3, -0.25) is 0 Å². The fraction of sp³-hybridized carbons (Fsp3) is 0.143. The van der Waals surface area contributed by atoms with E-state index in [1.165, 1.54) is 31.6 Å². The molecule has 0 saturated heterocycles. The summed E-state index contributed by atoms with van der Waals surface area (Å²) in [7, 11) is 1.24. The molecule has 0 amide bonds. The number of esters is 2. The van der Waals surface area contributed by atoms with Crippen LogP contribution in [0.3, 0.4) is 0 Å². The second-order valence-corrected chi connectivity index (χ2v) is 5.02. The molecule has 0 aliphatic heterocycles. The third-order valence-electron chi connectivity index (χ3n) is 2.80. The molecular formula is C14H11Cl2NO5. The number of benzene rings is 1. The van der Waals surface area contributed by atoms with Gasteiger partial charge in [0.2, 0.25) is 0 Å². The van der Waals surface area contributed by atoms with Crippen LogP contribution in [0.5, 0.6) is 0 Å². The molecule has 0 aliphatic carbocycles. The Hall–Kier alpha value is -2.18. The molecule has 0 bridgehead atoms. The normalized spacial score (nSPS) is 10.3. The second kappa shape index (κ2) is 6.72. The number of carbonyl (C=O) groups excluding carboxylic acids is 2. The average molecular weight is 344 g/mol. The van der Waals surface area contributed by atoms with Crippen LogP contribution in [0.2, 0.25) is 10.0 Å². The summed E-state index contributed by atoms with van der Waals surface area (Å²) < 4.78 is 14.7. The van der Waals surface area contributed by atoms with E-state index in [-0.39, 0.29) is 39.2 Å². The molecule has 0 unspecified atom stereocenters. The number of hydrogen-bond donors (Lipinski definition) is 1. The zero-order valence-electron chi connectivity index (χ0n) is 11.4. The van der Waals surface area contributed by atoms with Crippen LogP contribution in [0, 0.1) is 0 Å². The molecule has 0 radical (unpaired) electrons. The van der Waals surface area contributed by atoms with E-state index < -0.39 is 11.9 Å². The molecule has 8 heteroatoms. The van der Waals surface area contributed by atoms with Crippen molar-refractivity contribution in [2.45, 2.75) is 6.61 Å². The number of halogens is 2. The van der Waals surface area contributed by atoms with Crippen LogP contribution in [0.4, 0.5) is 5.69 Å². The van der Waals surface area contributed by atoms with Crippen molar-refractivity contribution in [1.29, 1.82) is 0 Å². The highest BCUT2D eigenvalue weighted by molar-refractivity contribution is 6.37. The lowest BCUT2D eigenvalue weighted by atomic mass is 10.2. The minimum absolute atomic E-state index is 0.0312. The van der Waals surface area contributed by atoms with E-state index in [0.29, 0.717) is 0 Å². The van der Waals surface area contributed by atoms with Gasteiger partial charge in [-0.2, -0.15) is 0 Å². The number of ether oxygens (including phenoxy) is 2. The number of anilines is 1. The van der Waals surface area contributed by atoms with Crippen LogP contribution in [-0.4, -0.2) is 19.0 Å². The van der Waals surface area contributed by atoms with Gasteiger partial charge in [0.1, 0.15) is 5.56 Å². The molecule has 2 N–H and O–H groups in total. The van der Waals surface area contributed by atoms with Crippen LogP contribution in [-0.2, 0) is 16.1 Å². The van der Waals surface area contributed by atoms with Gasteiger partial charge in [0.25, 0.3) is 0 Å². The van der Waals surface area contributed by atoms with Gasteiger partial charge in [-0.15, -0.1) is 0 Å². The molecule has 22 heavy (non-hydrogen) atoms. The molecule has 2 aromatic rings. The molecule has 0 saturated carbocycles. The van der Waals surface area contributed by atoms with Crippen molar-refractivity contribution in [1.82, 2.24) is 0 Å². The second-order valence-electron chi connectivity index (χ2n) is 4.17. The number of nitrogen functional groups attached to an aromatic ring is 1. The van der Waals surface area contributed by atoms with Gasteiger partial charge >= 0.3 is 11.9 Å². The number of hydrogen-bond acceptors (Lipinski definition) is 6. The van der Waals surface area contributed by atoms with Crippen molar-refractivity contribution in [2.24, 2.45) is 0 Å². The standard InChI is InChI=1S/C14H11Cl2NO5/c1-20-13(18)8-2-3-21-11(8)6-22-14(19)9-4-7(15)5-10(16)12(9)17/h2-5H,6,17H2,1H3. The summed E-state index contributed by atoms with van der Waals surface area (Å²) in [6.07, 6.45) is 1.29. The summed E-state index contributed by atoms with van der Waals surface area (Å²) in [5, 5.41) is 0.395. The summed E-state index contributed by atoms with van der Waals surface area (Å²) in [6, 6.07) is 4.17. The predicted octanol–water partition coefficient (Wildman–Crippen LogP) is 3.31. The maximum Gasteiger partial charge on any atom is 0.341 e. The first kappa shape index (κ1) is 16.2. The molecular weight excluding hydrogens is 333 g/mol. The van der Waals surface area contributed by atoms with Crippen LogP contribution in [0.1, 0.15) is 26.5 Å². The summed E-state index contributed by atoms with van der Waals surface area (Å²) >= 11 is 11.7. The lowest BCUT2D eigenvalue weighted by Gasteiger charge is -2.08. The van der Waals surface area contributed by atoms with Crippen molar-refractivity contribution in [3.05, 3.63) is 51.4 Å². The lowest BCUT2D eigenvalue weighted by molar-refractivity contribution is 0.0433. The lowest BCUT2D eigenvalue weighted by Crippen LogP contribution is -2.10. The molecule has 0 spiro atoms. The minimum Gasteiger partial charge on any atom is -0.465 e. The van der Waals surface area contributed by atoms with Gasteiger partial charge < -0.3 is 19.6 Å². The largest absolute Gasteiger partial charge is 0.465 e. The van der Waals surface area contributed by atoms with E-state index in [9.17, 15) is 9.59 Å². The van der Waals surface area contributed by atoms with Gasteiger partial charge in [0, 0.05) is 5.02 Å². The van der Waals surface area contributed by atoms with Gasteiger partial charge in [-0.25, -0.2) is 9.59 Å². The van der Waals surface area contributed by atoms with E-state index >= 15 is 0 Å². The minimum atomic E-state index is -0.742.